The highest BCUT2D eigenvalue weighted by Gasteiger charge is 2.35. The molecule has 0 bridgehead atoms. The summed E-state index contributed by atoms with van der Waals surface area (Å²) in [7, 11) is -3.05. The van der Waals surface area contributed by atoms with Crippen molar-refractivity contribution in [1.29, 1.82) is 0 Å². The number of aromatic nitrogens is 2. The van der Waals surface area contributed by atoms with Gasteiger partial charge in [0.15, 0.2) is 0 Å². The van der Waals surface area contributed by atoms with Crippen LogP contribution in [0.2, 0.25) is 25.7 Å². The number of rotatable bonds is 10. The van der Waals surface area contributed by atoms with Crippen LogP contribution in [0, 0.1) is 12.3 Å². The van der Waals surface area contributed by atoms with Crippen LogP contribution < -0.4 is 10.4 Å². The third-order valence-electron chi connectivity index (χ3n) is 5.81. The van der Waals surface area contributed by atoms with Gasteiger partial charge in [0, 0.05) is 14.7 Å². The lowest BCUT2D eigenvalue weighted by atomic mass is 9.86. The molecule has 0 aliphatic carbocycles. The zero-order chi connectivity index (χ0) is 24.1. The van der Waals surface area contributed by atoms with Crippen molar-refractivity contribution in [3.8, 4) is 0 Å². The van der Waals surface area contributed by atoms with Gasteiger partial charge in [0.2, 0.25) is 9.04 Å². The fourth-order valence-electron chi connectivity index (χ4n) is 3.90. The average molecular weight is 481 g/mol. The second-order valence-electron chi connectivity index (χ2n) is 11.1. The van der Waals surface area contributed by atoms with Gasteiger partial charge in [-0.3, -0.25) is 0 Å². The molecular weight excluding hydrogens is 440 g/mol. The minimum Gasteiger partial charge on any atom is -0.402 e. The smallest absolute Gasteiger partial charge is 0.240 e. The Labute approximate surface area is 202 Å². The number of ether oxygens (including phenoxy) is 1. The Hall–Kier alpha value is -2.00. The summed E-state index contributed by atoms with van der Waals surface area (Å²) in [4.78, 5) is 4.66. The van der Waals surface area contributed by atoms with E-state index in [2.05, 4.69) is 118 Å². The Morgan fingerprint density at radius 1 is 0.939 bits per heavy atom. The highest BCUT2D eigenvalue weighted by molar-refractivity contribution is 6.80. The first-order valence-corrected chi connectivity index (χ1v) is 17.2. The lowest BCUT2D eigenvalue weighted by Gasteiger charge is -2.35. The van der Waals surface area contributed by atoms with E-state index in [9.17, 15) is 0 Å². The van der Waals surface area contributed by atoms with Crippen molar-refractivity contribution < 1.29 is 9.16 Å². The molecule has 0 amide bonds. The molecule has 178 valence electrons. The molecule has 0 spiro atoms. The molecule has 3 aromatic rings. The van der Waals surface area contributed by atoms with Crippen LogP contribution in [0.4, 0.5) is 0 Å². The predicted octanol–water partition coefficient (Wildman–Crippen LogP) is 5.15. The molecule has 0 fully saturated rings. The lowest BCUT2D eigenvalue weighted by molar-refractivity contribution is 0.0548. The molecule has 3 rings (SSSR count). The largest absolute Gasteiger partial charge is 0.402 e. The standard InChI is InChI=1S/C27H40N2O2Si2/c1-22-25(29(20-28-22)21-30-18-19-33(5,6)7)26(27(2,3)4)31-32(23-14-10-8-11-15-23)24-16-12-9-13-17-24/h8-17,20,26,32H,18-19,21H2,1-7H3. The second-order valence-corrected chi connectivity index (χ2v) is 19.1. The maximum absolute atomic E-state index is 7.14. The van der Waals surface area contributed by atoms with Gasteiger partial charge in [-0.2, -0.15) is 0 Å². The van der Waals surface area contributed by atoms with Crippen LogP contribution in [0.1, 0.15) is 38.3 Å². The second kappa shape index (κ2) is 11.0. The fraction of sp³-hybridized carbons (Fsp3) is 0.444. The molecule has 1 atom stereocenters. The van der Waals surface area contributed by atoms with Gasteiger partial charge in [-0.15, -0.1) is 0 Å². The van der Waals surface area contributed by atoms with Gasteiger partial charge in [-0.05, 0) is 28.8 Å². The van der Waals surface area contributed by atoms with E-state index in [1.54, 1.807) is 0 Å². The van der Waals surface area contributed by atoms with E-state index < -0.39 is 17.1 Å². The van der Waals surface area contributed by atoms with E-state index >= 15 is 0 Å². The van der Waals surface area contributed by atoms with Crippen molar-refractivity contribution in [1.82, 2.24) is 9.55 Å². The first-order chi connectivity index (χ1) is 15.6. The average Bonchev–Trinajstić information content (AvgIpc) is 3.11. The molecule has 0 saturated heterocycles. The van der Waals surface area contributed by atoms with Crippen molar-refractivity contribution in [2.24, 2.45) is 5.41 Å². The van der Waals surface area contributed by atoms with Gasteiger partial charge in [0.05, 0.1) is 23.8 Å². The molecule has 0 N–H and O–H groups in total. The Bertz CT molecular complexity index is 953. The number of nitrogens with zero attached hydrogens (tertiary/aromatic N) is 2. The third-order valence-corrected chi connectivity index (χ3v) is 10.0. The summed E-state index contributed by atoms with van der Waals surface area (Å²) in [6, 6.07) is 22.5. The van der Waals surface area contributed by atoms with Gasteiger partial charge in [0.25, 0.3) is 0 Å². The Balaban J connectivity index is 1.92. The third kappa shape index (κ3) is 7.24. The molecular formula is C27H40N2O2Si2. The highest BCUT2D eigenvalue weighted by Crippen LogP contribution is 2.38. The summed E-state index contributed by atoms with van der Waals surface area (Å²) >= 11 is 0. The first kappa shape index (κ1) is 25.6. The van der Waals surface area contributed by atoms with Crippen LogP contribution in [-0.4, -0.2) is 33.3 Å². The van der Waals surface area contributed by atoms with E-state index in [1.165, 1.54) is 10.4 Å². The molecule has 6 heteroatoms. The molecule has 1 aromatic heterocycles. The number of hydrogen-bond donors (Lipinski definition) is 0. The van der Waals surface area contributed by atoms with Crippen LogP contribution in [0.3, 0.4) is 0 Å². The zero-order valence-corrected chi connectivity index (χ0v) is 23.5. The summed E-state index contributed by atoms with van der Waals surface area (Å²) < 4.78 is 15.4. The van der Waals surface area contributed by atoms with Crippen LogP contribution in [0.15, 0.2) is 67.0 Å². The summed E-state index contributed by atoms with van der Waals surface area (Å²) in [6.07, 6.45) is 1.81. The van der Waals surface area contributed by atoms with E-state index in [0.717, 1.165) is 24.0 Å². The molecule has 2 aromatic carbocycles. The number of imidazole rings is 1. The summed E-state index contributed by atoms with van der Waals surface area (Å²) in [5.74, 6) is 0. The molecule has 0 saturated carbocycles. The first-order valence-electron chi connectivity index (χ1n) is 11.9. The van der Waals surface area contributed by atoms with Crippen molar-refractivity contribution in [3.05, 3.63) is 78.4 Å². The molecule has 4 nitrogen and oxygen atoms in total. The van der Waals surface area contributed by atoms with Crippen molar-refractivity contribution in [3.63, 3.8) is 0 Å². The van der Waals surface area contributed by atoms with Crippen LogP contribution in [-0.2, 0) is 15.9 Å². The summed E-state index contributed by atoms with van der Waals surface area (Å²) in [6.45, 7) is 17.3. The molecule has 33 heavy (non-hydrogen) atoms. The van der Waals surface area contributed by atoms with E-state index in [4.69, 9.17) is 9.16 Å². The van der Waals surface area contributed by atoms with Crippen LogP contribution in [0.25, 0.3) is 0 Å². The number of hydrogen-bond acceptors (Lipinski definition) is 3. The number of aryl methyl sites for hydroxylation is 1. The maximum Gasteiger partial charge on any atom is 0.240 e. The van der Waals surface area contributed by atoms with Crippen LogP contribution >= 0.6 is 0 Å². The predicted molar refractivity (Wildman–Crippen MR) is 144 cm³/mol. The maximum atomic E-state index is 7.14. The lowest BCUT2D eigenvalue weighted by Crippen LogP contribution is -2.47. The molecule has 0 aliphatic rings. The molecule has 1 unspecified atom stereocenters. The zero-order valence-electron chi connectivity index (χ0n) is 21.3. The topological polar surface area (TPSA) is 36.3 Å². The normalized spacial score (nSPS) is 13.5. The fourth-order valence-corrected chi connectivity index (χ4v) is 7.31. The van der Waals surface area contributed by atoms with E-state index in [0.29, 0.717) is 6.73 Å². The minimum atomic E-state index is -1.93. The SMILES string of the molecule is Cc1ncn(COCC[Si](C)(C)C)c1C(O[SiH](c1ccccc1)c1ccccc1)C(C)(C)C. The van der Waals surface area contributed by atoms with E-state index in [-0.39, 0.29) is 11.5 Å². The van der Waals surface area contributed by atoms with E-state index in [1.807, 2.05) is 6.33 Å². The van der Waals surface area contributed by atoms with Gasteiger partial charge in [0.1, 0.15) is 6.73 Å². The molecule has 1 heterocycles. The van der Waals surface area contributed by atoms with Gasteiger partial charge in [-0.1, -0.05) is 101 Å². The Morgan fingerprint density at radius 3 is 1.97 bits per heavy atom. The number of benzene rings is 2. The van der Waals surface area contributed by atoms with Crippen molar-refractivity contribution >= 4 is 27.5 Å². The Morgan fingerprint density at radius 2 is 1.48 bits per heavy atom. The quantitative estimate of drug-likeness (QED) is 0.298. The van der Waals surface area contributed by atoms with Gasteiger partial charge < -0.3 is 13.7 Å². The van der Waals surface area contributed by atoms with Crippen LogP contribution in [0.5, 0.6) is 0 Å². The monoisotopic (exact) mass is 480 g/mol. The van der Waals surface area contributed by atoms with Gasteiger partial charge in [-0.25, -0.2) is 4.98 Å². The van der Waals surface area contributed by atoms with Gasteiger partial charge >= 0.3 is 0 Å². The minimum absolute atomic E-state index is 0.0994. The summed E-state index contributed by atoms with van der Waals surface area (Å²) in [5.41, 5.74) is 2.04. The summed E-state index contributed by atoms with van der Waals surface area (Å²) in [5, 5.41) is 2.57. The molecule has 0 radical (unpaired) electrons. The molecule has 0 aliphatic heterocycles. The van der Waals surface area contributed by atoms with Crippen molar-refractivity contribution in [2.75, 3.05) is 6.61 Å². The highest BCUT2D eigenvalue weighted by atomic mass is 28.3. The van der Waals surface area contributed by atoms with Crippen molar-refractivity contribution in [2.45, 2.75) is 66.2 Å². The Kier molecular flexibility index (Phi) is 8.50.